The average Bonchev–Trinajstić information content (AvgIpc) is 2.86. The van der Waals surface area contributed by atoms with Crippen molar-refractivity contribution in [1.29, 1.82) is 0 Å². The molecule has 0 spiro atoms. The summed E-state index contributed by atoms with van der Waals surface area (Å²) < 4.78 is 8.48. The van der Waals surface area contributed by atoms with E-state index in [1.54, 1.807) is 13.4 Å². The molecule has 0 saturated carbocycles. The lowest BCUT2D eigenvalue weighted by Gasteiger charge is -2.22. The van der Waals surface area contributed by atoms with Crippen LogP contribution in [0.1, 0.15) is 20.3 Å². The van der Waals surface area contributed by atoms with Gasteiger partial charge in [0.05, 0.1) is 5.60 Å². The largest absolute Gasteiger partial charge is 0.379 e. The summed E-state index contributed by atoms with van der Waals surface area (Å²) in [4.78, 5) is 4.35. The van der Waals surface area contributed by atoms with Crippen molar-refractivity contribution in [3.8, 4) is 11.4 Å². The van der Waals surface area contributed by atoms with Gasteiger partial charge in [0.15, 0.2) is 5.82 Å². The zero-order valence-electron chi connectivity index (χ0n) is 11.4. The number of ether oxygens (including phenoxy) is 1. The highest BCUT2D eigenvalue weighted by atomic mass is 127. The lowest BCUT2D eigenvalue weighted by atomic mass is 10.1. The number of aromatic nitrogens is 3. The fraction of sp³-hybridized carbons (Fsp3) is 0.429. The highest BCUT2D eigenvalue weighted by Gasteiger charge is 2.16. The van der Waals surface area contributed by atoms with Crippen LogP contribution in [0.4, 0.5) is 0 Å². The highest BCUT2D eigenvalue weighted by Crippen LogP contribution is 2.17. The van der Waals surface area contributed by atoms with E-state index in [-0.39, 0.29) is 5.60 Å². The topological polar surface area (TPSA) is 39.9 Å². The molecule has 1 heterocycles. The van der Waals surface area contributed by atoms with Crippen LogP contribution in [0.2, 0.25) is 0 Å². The molecular formula is C14H18IN3O. The minimum absolute atomic E-state index is 0.130. The second-order valence-corrected chi connectivity index (χ2v) is 6.30. The van der Waals surface area contributed by atoms with E-state index in [1.165, 1.54) is 3.57 Å². The predicted octanol–water partition coefficient (Wildman–Crippen LogP) is 3.36. The molecule has 5 heteroatoms. The van der Waals surface area contributed by atoms with Crippen LogP contribution in [0.3, 0.4) is 0 Å². The van der Waals surface area contributed by atoms with Gasteiger partial charge in [-0.3, -0.25) is 4.68 Å². The summed E-state index contributed by atoms with van der Waals surface area (Å²) in [5.41, 5.74) is 0.916. The second-order valence-electron chi connectivity index (χ2n) is 5.05. The van der Waals surface area contributed by atoms with E-state index < -0.39 is 0 Å². The van der Waals surface area contributed by atoms with E-state index in [9.17, 15) is 0 Å². The van der Waals surface area contributed by atoms with Gasteiger partial charge in [0.1, 0.15) is 6.33 Å². The van der Waals surface area contributed by atoms with Crippen LogP contribution in [0, 0.1) is 3.57 Å². The summed E-state index contributed by atoms with van der Waals surface area (Å²) in [6.45, 7) is 4.95. The van der Waals surface area contributed by atoms with Gasteiger partial charge in [0.25, 0.3) is 0 Å². The van der Waals surface area contributed by atoms with Crippen molar-refractivity contribution in [3.63, 3.8) is 0 Å². The van der Waals surface area contributed by atoms with Crippen molar-refractivity contribution >= 4 is 22.6 Å². The molecule has 2 rings (SSSR count). The minimum Gasteiger partial charge on any atom is -0.379 e. The molecule has 0 saturated heterocycles. The van der Waals surface area contributed by atoms with Crippen molar-refractivity contribution in [2.75, 3.05) is 7.11 Å². The number of hydrogen-bond acceptors (Lipinski definition) is 3. The first kappa shape index (κ1) is 14.5. The van der Waals surface area contributed by atoms with Crippen LogP contribution in [0.15, 0.2) is 30.6 Å². The Balaban J connectivity index is 2.05. The zero-order chi connectivity index (χ0) is 13.9. The van der Waals surface area contributed by atoms with E-state index in [4.69, 9.17) is 4.74 Å². The van der Waals surface area contributed by atoms with Crippen LogP contribution in [-0.4, -0.2) is 27.5 Å². The maximum absolute atomic E-state index is 5.40. The monoisotopic (exact) mass is 371 g/mol. The molecule has 0 radical (unpaired) electrons. The summed E-state index contributed by atoms with van der Waals surface area (Å²) in [5, 5.41) is 4.50. The zero-order valence-corrected chi connectivity index (χ0v) is 13.6. The molecular weight excluding hydrogens is 353 g/mol. The molecule has 0 aliphatic carbocycles. The summed E-state index contributed by atoms with van der Waals surface area (Å²) >= 11 is 2.29. The van der Waals surface area contributed by atoms with Gasteiger partial charge in [-0.1, -0.05) is 12.1 Å². The number of halogens is 1. The average molecular weight is 371 g/mol. The summed E-state index contributed by atoms with van der Waals surface area (Å²) in [6.07, 6.45) is 2.68. The normalized spacial score (nSPS) is 11.8. The fourth-order valence-electron chi connectivity index (χ4n) is 1.62. The first-order chi connectivity index (χ1) is 9.00. The van der Waals surface area contributed by atoms with E-state index in [0.717, 1.165) is 24.4 Å². The Labute approximate surface area is 127 Å². The number of rotatable bonds is 5. The molecule has 0 aliphatic rings. The minimum atomic E-state index is -0.130. The Kier molecular flexibility index (Phi) is 4.57. The number of methoxy groups -OCH3 is 1. The Morgan fingerprint density at radius 2 is 1.95 bits per heavy atom. The number of nitrogens with zero attached hydrogens (tertiary/aromatic N) is 3. The SMILES string of the molecule is COC(C)(C)CCn1cnc(-c2ccc(I)cc2)n1. The van der Waals surface area contributed by atoms with Gasteiger partial charge in [0.2, 0.25) is 0 Å². The number of hydrogen-bond donors (Lipinski definition) is 0. The lowest BCUT2D eigenvalue weighted by Crippen LogP contribution is -2.24. The maximum Gasteiger partial charge on any atom is 0.181 e. The van der Waals surface area contributed by atoms with Crippen LogP contribution in [-0.2, 0) is 11.3 Å². The molecule has 0 amide bonds. The summed E-state index contributed by atoms with van der Waals surface area (Å²) in [5.74, 6) is 0.770. The van der Waals surface area contributed by atoms with Crippen molar-refractivity contribution in [1.82, 2.24) is 14.8 Å². The van der Waals surface area contributed by atoms with Gasteiger partial charge in [-0.05, 0) is 55.0 Å². The van der Waals surface area contributed by atoms with E-state index >= 15 is 0 Å². The quantitative estimate of drug-likeness (QED) is 0.757. The first-order valence-corrected chi connectivity index (χ1v) is 7.28. The Hall–Kier alpha value is -0.950. The molecule has 0 atom stereocenters. The Bertz CT molecular complexity index is 534. The van der Waals surface area contributed by atoms with Crippen LogP contribution in [0.25, 0.3) is 11.4 Å². The van der Waals surface area contributed by atoms with Gasteiger partial charge in [-0.2, -0.15) is 5.10 Å². The van der Waals surface area contributed by atoms with Crippen molar-refractivity contribution in [3.05, 3.63) is 34.2 Å². The third-order valence-corrected chi connectivity index (χ3v) is 3.85. The molecule has 19 heavy (non-hydrogen) atoms. The third-order valence-electron chi connectivity index (χ3n) is 3.13. The van der Waals surface area contributed by atoms with E-state index in [2.05, 4.69) is 58.7 Å². The lowest BCUT2D eigenvalue weighted by molar-refractivity contribution is 0.0113. The number of aryl methyl sites for hydroxylation is 1. The Morgan fingerprint density at radius 3 is 2.58 bits per heavy atom. The molecule has 4 nitrogen and oxygen atoms in total. The van der Waals surface area contributed by atoms with Crippen molar-refractivity contribution < 1.29 is 4.74 Å². The molecule has 1 aromatic heterocycles. The summed E-state index contributed by atoms with van der Waals surface area (Å²) in [6, 6.07) is 8.20. The maximum atomic E-state index is 5.40. The van der Waals surface area contributed by atoms with Gasteiger partial charge < -0.3 is 4.74 Å². The third kappa shape index (κ3) is 4.01. The first-order valence-electron chi connectivity index (χ1n) is 6.21. The molecule has 0 aliphatic heterocycles. The standard InChI is InChI=1S/C14H18IN3O/c1-14(2,19-3)8-9-18-10-16-13(17-18)11-4-6-12(15)7-5-11/h4-7,10H,8-9H2,1-3H3. The van der Waals surface area contributed by atoms with Crippen molar-refractivity contribution in [2.45, 2.75) is 32.4 Å². The Morgan fingerprint density at radius 1 is 1.26 bits per heavy atom. The molecule has 0 bridgehead atoms. The molecule has 0 N–H and O–H groups in total. The molecule has 0 unspecified atom stereocenters. The van der Waals surface area contributed by atoms with Gasteiger partial charge in [-0.25, -0.2) is 4.98 Å². The van der Waals surface area contributed by atoms with Gasteiger partial charge in [0, 0.05) is 22.8 Å². The number of benzene rings is 1. The van der Waals surface area contributed by atoms with Crippen LogP contribution >= 0.6 is 22.6 Å². The fourth-order valence-corrected chi connectivity index (χ4v) is 1.98. The second kappa shape index (κ2) is 6.00. The van der Waals surface area contributed by atoms with E-state index in [0.29, 0.717) is 0 Å². The van der Waals surface area contributed by atoms with Gasteiger partial charge in [-0.15, -0.1) is 0 Å². The molecule has 102 valence electrons. The van der Waals surface area contributed by atoms with E-state index in [1.807, 2.05) is 16.8 Å². The molecule has 2 aromatic rings. The summed E-state index contributed by atoms with van der Waals surface area (Å²) in [7, 11) is 1.73. The van der Waals surface area contributed by atoms with Crippen molar-refractivity contribution in [2.24, 2.45) is 0 Å². The van der Waals surface area contributed by atoms with Crippen LogP contribution < -0.4 is 0 Å². The smallest absolute Gasteiger partial charge is 0.181 e. The predicted molar refractivity (Wildman–Crippen MR) is 83.9 cm³/mol. The van der Waals surface area contributed by atoms with Gasteiger partial charge >= 0.3 is 0 Å². The molecule has 1 aromatic carbocycles. The molecule has 0 fully saturated rings. The van der Waals surface area contributed by atoms with Crippen LogP contribution in [0.5, 0.6) is 0 Å². The highest BCUT2D eigenvalue weighted by molar-refractivity contribution is 14.1.